The first kappa shape index (κ1) is 23.9. The molecule has 1 fully saturated rings. The molecule has 36 heavy (non-hydrogen) atoms. The average Bonchev–Trinajstić information content (AvgIpc) is 3.25. The van der Waals surface area contributed by atoms with Gasteiger partial charge in [-0.05, 0) is 54.4 Å². The summed E-state index contributed by atoms with van der Waals surface area (Å²) in [4.78, 5) is 29.1. The molecule has 3 N–H and O–H groups in total. The molecule has 0 saturated carbocycles. The fraction of sp³-hybridized carbons (Fsp3) is 0.296. The Morgan fingerprint density at radius 1 is 1.14 bits per heavy atom. The summed E-state index contributed by atoms with van der Waals surface area (Å²) >= 11 is 0. The van der Waals surface area contributed by atoms with Crippen LogP contribution in [0.2, 0.25) is 0 Å². The molecule has 0 radical (unpaired) electrons. The van der Waals surface area contributed by atoms with Crippen LogP contribution in [0.3, 0.4) is 0 Å². The molecular formula is C27H26FN3O5. The SMILES string of the molecule is O=C(C[C@H]1C[C@H]2c3cc(NC(=O)c4cccnc4)ccc3O[C@H]2[C@@H](CO)O1)NCc1cccc(F)c1. The minimum absolute atomic E-state index is 0.0990. The molecular weight excluding hydrogens is 465 g/mol. The van der Waals surface area contributed by atoms with Gasteiger partial charge in [0.25, 0.3) is 5.91 Å². The monoisotopic (exact) mass is 491 g/mol. The fourth-order valence-corrected chi connectivity index (χ4v) is 4.79. The number of carbonyl (C=O) groups excluding carboxylic acids is 2. The molecule has 2 aliphatic heterocycles. The number of aromatic nitrogens is 1. The summed E-state index contributed by atoms with van der Waals surface area (Å²) in [5.41, 5.74) is 2.63. The van der Waals surface area contributed by atoms with Gasteiger partial charge in [0.05, 0.1) is 24.7 Å². The zero-order valence-electron chi connectivity index (χ0n) is 19.4. The molecule has 2 amide bonds. The van der Waals surface area contributed by atoms with Gasteiger partial charge in [-0.2, -0.15) is 0 Å². The van der Waals surface area contributed by atoms with Gasteiger partial charge in [0, 0.05) is 36.1 Å². The minimum atomic E-state index is -0.592. The predicted octanol–water partition coefficient (Wildman–Crippen LogP) is 3.17. The number of nitrogens with one attached hydrogen (secondary N) is 2. The van der Waals surface area contributed by atoms with Crippen molar-refractivity contribution in [3.8, 4) is 5.75 Å². The number of amides is 2. The van der Waals surface area contributed by atoms with E-state index in [0.717, 1.165) is 5.56 Å². The van der Waals surface area contributed by atoms with Crippen LogP contribution in [-0.4, -0.2) is 46.8 Å². The lowest BCUT2D eigenvalue weighted by Gasteiger charge is -2.37. The van der Waals surface area contributed by atoms with E-state index < -0.39 is 12.2 Å². The van der Waals surface area contributed by atoms with Crippen LogP contribution in [0.5, 0.6) is 5.75 Å². The zero-order chi connectivity index (χ0) is 25.1. The van der Waals surface area contributed by atoms with E-state index in [1.54, 1.807) is 42.6 Å². The second-order valence-corrected chi connectivity index (χ2v) is 8.96. The fourth-order valence-electron chi connectivity index (χ4n) is 4.79. The molecule has 0 bridgehead atoms. The zero-order valence-corrected chi connectivity index (χ0v) is 19.4. The van der Waals surface area contributed by atoms with Crippen LogP contribution in [0.1, 0.15) is 40.2 Å². The van der Waals surface area contributed by atoms with Crippen molar-refractivity contribution in [3.63, 3.8) is 0 Å². The molecule has 0 unspecified atom stereocenters. The van der Waals surface area contributed by atoms with E-state index in [0.29, 0.717) is 29.0 Å². The number of hydrogen-bond donors (Lipinski definition) is 3. The summed E-state index contributed by atoms with van der Waals surface area (Å²) in [5.74, 6) is -0.294. The lowest BCUT2D eigenvalue weighted by molar-refractivity contribution is -0.142. The molecule has 2 aromatic carbocycles. The summed E-state index contributed by atoms with van der Waals surface area (Å²) in [6, 6.07) is 14.9. The molecule has 8 nitrogen and oxygen atoms in total. The van der Waals surface area contributed by atoms with Crippen molar-refractivity contribution < 1.29 is 28.6 Å². The predicted molar refractivity (Wildman–Crippen MR) is 129 cm³/mol. The Morgan fingerprint density at radius 2 is 2.03 bits per heavy atom. The van der Waals surface area contributed by atoms with Gasteiger partial charge in [0.1, 0.15) is 23.8 Å². The second kappa shape index (κ2) is 10.4. The van der Waals surface area contributed by atoms with Crippen LogP contribution in [0.15, 0.2) is 67.0 Å². The second-order valence-electron chi connectivity index (χ2n) is 8.96. The molecule has 3 heterocycles. The number of hydrogen-bond acceptors (Lipinski definition) is 6. The third-order valence-corrected chi connectivity index (χ3v) is 6.47. The number of aliphatic hydroxyl groups is 1. The summed E-state index contributed by atoms with van der Waals surface area (Å²) in [6.45, 7) is -0.0358. The van der Waals surface area contributed by atoms with Gasteiger partial charge in [-0.15, -0.1) is 0 Å². The van der Waals surface area contributed by atoms with E-state index >= 15 is 0 Å². The van der Waals surface area contributed by atoms with Crippen LogP contribution >= 0.6 is 0 Å². The first-order chi connectivity index (χ1) is 17.5. The lowest BCUT2D eigenvalue weighted by Crippen LogP contribution is -2.47. The molecule has 0 spiro atoms. The van der Waals surface area contributed by atoms with Gasteiger partial charge in [-0.25, -0.2) is 4.39 Å². The number of nitrogens with zero attached hydrogens (tertiary/aromatic N) is 1. The van der Waals surface area contributed by atoms with Crippen molar-refractivity contribution in [1.29, 1.82) is 0 Å². The largest absolute Gasteiger partial charge is 0.487 e. The van der Waals surface area contributed by atoms with Crippen molar-refractivity contribution in [2.75, 3.05) is 11.9 Å². The number of halogens is 1. The molecule has 3 aromatic rings. The standard InChI is InChI=1S/C27H26FN3O5/c28-18-5-1-3-16(9-18)13-30-25(33)12-20-11-22-21-10-19(31-27(34)17-4-2-8-29-14-17)6-7-23(21)36-26(22)24(15-32)35-20/h1-10,14,20,22,24,26,32H,11-13,15H2,(H,30,33)(H,31,34)/t20-,22+,24-,26-/m1/s1. The molecule has 5 rings (SSSR count). The van der Waals surface area contributed by atoms with Crippen LogP contribution in [0.4, 0.5) is 10.1 Å². The molecule has 9 heteroatoms. The van der Waals surface area contributed by atoms with Gasteiger partial charge in [0.2, 0.25) is 5.91 Å². The Hall–Kier alpha value is -3.82. The highest BCUT2D eigenvalue weighted by Crippen LogP contribution is 2.47. The Kier molecular flexibility index (Phi) is 6.92. The van der Waals surface area contributed by atoms with Crippen LogP contribution in [0.25, 0.3) is 0 Å². The molecule has 186 valence electrons. The minimum Gasteiger partial charge on any atom is -0.487 e. The normalized spacial score (nSPS) is 22.2. The number of rotatable bonds is 7. The summed E-state index contributed by atoms with van der Waals surface area (Å²) in [6.07, 6.45) is 2.30. The quantitative estimate of drug-likeness (QED) is 0.468. The van der Waals surface area contributed by atoms with E-state index in [1.807, 2.05) is 6.07 Å². The van der Waals surface area contributed by atoms with Crippen LogP contribution < -0.4 is 15.4 Å². The van der Waals surface area contributed by atoms with E-state index in [2.05, 4.69) is 15.6 Å². The van der Waals surface area contributed by atoms with Crippen molar-refractivity contribution in [1.82, 2.24) is 10.3 Å². The maximum atomic E-state index is 13.4. The van der Waals surface area contributed by atoms with Crippen molar-refractivity contribution in [3.05, 3.63) is 89.5 Å². The maximum absolute atomic E-state index is 13.4. The lowest BCUT2D eigenvalue weighted by atomic mass is 9.84. The Balaban J connectivity index is 1.26. The van der Waals surface area contributed by atoms with E-state index in [4.69, 9.17) is 9.47 Å². The van der Waals surface area contributed by atoms with Gasteiger partial charge in [-0.1, -0.05) is 12.1 Å². The summed E-state index contributed by atoms with van der Waals surface area (Å²) < 4.78 is 25.5. The third kappa shape index (κ3) is 5.22. The van der Waals surface area contributed by atoms with Gasteiger partial charge >= 0.3 is 0 Å². The molecule has 4 atom stereocenters. The van der Waals surface area contributed by atoms with Gasteiger partial charge in [0.15, 0.2) is 0 Å². The van der Waals surface area contributed by atoms with Gasteiger partial charge in [-0.3, -0.25) is 14.6 Å². The Labute approximate surface area is 207 Å². The van der Waals surface area contributed by atoms with Gasteiger partial charge < -0.3 is 25.2 Å². The number of anilines is 1. The number of carbonyl (C=O) groups is 2. The van der Waals surface area contributed by atoms with E-state index in [-0.39, 0.29) is 49.2 Å². The first-order valence-electron chi connectivity index (χ1n) is 11.8. The van der Waals surface area contributed by atoms with E-state index in [9.17, 15) is 19.1 Å². The molecule has 0 aliphatic carbocycles. The van der Waals surface area contributed by atoms with Crippen molar-refractivity contribution >= 4 is 17.5 Å². The Morgan fingerprint density at radius 3 is 2.81 bits per heavy atom. The van der Waals surface area contributed by atoms with Crippen molar-refractivity contribution in [2.45, 2.75) is 43.6 Å². The number of ether oxygens (including phenoxy) is 2. The first-order valence-corrected chi connectivity index (χ1v) is 11.8. The third-order valence-electron chi connectivity index (χ3n) is 6.47. The number of benzene rings is 2. The maximum Gasteiger partial charge on any atom is 0.257 e. The Bertz CT molecular complexity index is 1260. The van der Waals surface area contributed by atoms with Crippen molar-refractivity contribution in [2.24, 2.45) is 0 Å². The van der Waals surface area contributed by atoms with E-state index in [1.165, 1.54) is 18.3 Å². The van der Waals surface area contributed by atoms with Crippen LogP contribution in [0, 0.1) is 5.82 Å². The summed E-state index contributed by atoms with van der Waals surface area (Å²) in [5, 5.41) is 15.6. The smallest absolute Gasteiger partial charge is 0.257 e. The molecule has 1 aromatic heterocycles. The highest BCUT2D eigenvalue weighted by atomic mass is 19.1. The highest BCUT2D eigenvalue weighted by molar-refractivity contribution is 6.04. The average molecular weight is 492 g/mol. The molecule has 1 saturated heterocycles. The summed E-state index contributed by atoms with van der Waals surface area (Å²) in [7, 11) is 0. The highest BCUT2D eigenvalue weighted by Gasteiger charge is 2.46. The van der Waals surface area contributed by atoms with Crippen LogP contribution in [-0.2, 0) is 16.1 Å². The number of fused-ring (bicyclic) bond motifs is 3. The number of aliphatic hydroxyl groups excluding tert-OH is 1. The number of pyridine rings is 1. The topological polar surface area (TPSA) is 110 Å². The molecule has 2 aliphatic rings.